The van der Waals surface area contributed by atoms with E-state index in [2.05, 4.69) is 9.78 Å². The Morgan fingerprint density at radius 1 is 0.643 bits per heavy atom. The van der Waals surface area contributed by atoms with E-state index in [0.29, 0.717) is 0 Å². The third kappa shape index (κ3) is 14.2. The van der Waals surface area contributed by atoms with E-state index in [4.69, 9.17) is 57.4 Å². The molecule has 14 unspecified atom stereocenters. The van der Waals surface area contributed by atoms with Gasteiger partial charge in [-0.15, -0.1) is 9.05 Å². The van der Waals surface area contributed by atoms with Crippen LogP contribution in [0.15, 0.2) is 0 Å². The molecule has 28 heteroatoms. The van der Waals surface area contributed by atoms with Gasteiger partial charge in [0.25, 0.3) is 0 Å². The van der Waals surface area contributed by atoms with Gasteiger partial charge in [0.05, 0.1) is 83.9 Å². The molecule has 3 heterocycles. The molecule has 26 nitrogen and oxygen atoms in total. The van der Waals surface area contributed by atoms with Gasteiger partial charge in [-0.3, -0.25) is 24.9 Å². The molecule has 328 valence electrons. The summed E-state index contributed by atoms with van der Waals surface area (Å²) in [6.07, 6.45) is -14.1. The van der Waals surface area contributed by atoms with E-state index in [1.807, 2.05) is 0 Å². The molecular formula is C28H53N2O24P2+. The molecule has 2 amide bonds. The molecule has 56 heavy (non-hydrogen) atoms. The Labute approximate surface area is 321 Å². The van der Waals surface area contributed by atoms with Gasteiger partial charge in [0.2, 0.25) is 0 Å². The standard InChI is InChI=1S/C28H52N2O24P2/c1-56(43,51-3-2-31)52-7-6-50-55(42)49-5-4-44-14-29-26(37)27(38)30(28(29)39)15-46-11-19-17(10-47-40)23(34)24(35)20(54-19)12-45-9-16-18(8-32)53-21(13-48-41)25(36)22(16)33/h16-27,31-38H,2-15H2,1H3,(H-,40,41)/p+1. The Balaban J connectivity index is 1.43. The highest BCUT2D eigenvalue weighted by Crippen LogP contribution is 2.43. The molecular weight excluding hydrogens is 810 g/mol. The van der Waals surface area contributed by atoms with Crippen molar-refractivity contribution in [3.63, 3.8) is 0 Å². The molecule has 0 bridgehead atoms. The van der Waals surface area contributed by atoms with E-state index in [0.717, 1.165) is 9.80 Å². The second-order valence-electron chi connectivity index (χ2n) is 12.7. The first-order chi connectivity index (χ1) is 26.7. The summed E-state index contributed by atoms with van der Waals surface area (Å²) >= 11 is 0. The van der Waals surface area contributed by atoms with Crippen LogP contribution in [-0.2, 0) is 60.7 Å². The number of hydrogen-bond acceptors (Lipinski definition) is 24. The predicted molar refractivity (Wildman–Crippen MR) is 178 cm³/mol. The molecule has 0 aromatic rings. The van der Waals surface area contributed by atoms with E-state index in [9.17, 15) is 49.7 Å². The summed E-state index contributed by atoms with van der Waals surface area (Å²) in [7, 11) is -6.04. The third-order valence-electron chi connectivity index (χ3n) is 8.86. The molecule has 0 spiro atoms. The Hall–Kier alpha value is -1.24. The summed E-state index contributed by atoms with van der Waals surface area (Å²) in [4.78, 5) is 22.6. The molecule has 3 fully saturated rings. The average molecular weight is 864 g/mol. The first kappa shape index (κ1) is 49.1. The number of amides is 2. The molecule has 10 N–H and O–H groups in total. The first-order valence-electron chi connectivity index (χ1n) is 17.2. The number of rotatable bonds is 27. The van der Waals surface area contributed by atoms with Crippen molar-refractivity contribution < 1.29 is 117 Å². The Morgan fingerprint density at radius 2 is 1.16 bits per heavy atom. The van der Waals surface area contributed by atoms with E-state index in [1.165, 1.54) is 6.66 Å². The number of ether oxygens (including phenoxy) is 5. The molecule has 3 rings (SSSR count). The Bertz CT molecular complexity index is 1210. The fourth-order valence-electron chi connectivity index (χ4n) is 5.88. The normalized spacial score (nSPS) is 33.9. The number of urea groups is 1. The highest BCUT2D eigenvalue weighted by molar-refractivity contribution is 7.52. The zero-order valence-corrected chi connectivity index (χ0v) is 32.1. The maximum absolute atomic E-state index is 12.9. The molecule has 14 atom stereocenters. The lowest BCUT2D eigenvalue weighted by atomic mass is 9.87. The Kier molecular flexibility index (Phi) is 21.7. The Morgan fingerprint density at radius 3 is 1.75 bits per heavy atom. The number of hydrogen-bond donors (Lipinski definition) is 10. The molecule has 0 aromatic carbocycles. The molecule has 3 aliphatic rings. The van der Waals surface area contributed by atoms with Gasteiger partial charge in [0, 0.05) is 23.1 Å². The smallest absolute Gasteiger partial charge is 0.394 e. The topological polar surface area (TPSA) is 362 Å². The molecule has 3 saturated heterocycles. The fraction of sp³-hybridized carbons (Fsp3) is 0.964. The molecule has 0 radical (unpaired) electrons. The van der Waals surface area contributed by atoms with Crippen LogP contribution in [0.25, 0.3) is 0 Å². The van der Waals surface area contributed by atoms with Gasteiger partial charge in [0.1, 0.15) is 57.7 Å². The van der Waals surface area contributed by atoms with Crippen molar-refractivity contribution in [1.82, 2.24) is 9.80 Å². The minimum absolute atomic E-state index is 0.187. The summed E-state index contributed by atoms with van der Waals surface area (Å²) in [5.41, 5.74) is 0. The van der Waals surface area contributed by atoms with Crippen LogP contribution < -0.4 is 0 Å². The first-order valence-corrected chi connectivity index (χ1v) is 20.3. The van der Waals surface area contributed by atoms with E-state index in [-0.39, 0.29) is 52.9 Å². The maximum atomic E-state index is 12.9. The minimum atomic E-state index is -3.41. The molecule has 3 aliphatic heterocycles. The van der Waals surface area contributed by atoms with E-state index < -0.39 is 135 Å². The van der Waals surface area contributed by atoms with Crippen LogP contribution in [0.3, 0.4) is 0 Å². The largest absolute Gasteiger partial charge is 0.697 e. The molecule has 0 saturated carbocycles. The van der Waals surface area contributed by atoms with Crippen LogP contribution in [0.2, 0.25) is 0 Å². The van der Waals surface area contributed by atoms with Crippen LogP contribution in [0.5, 0.6) is 0 Å². The number of carbonyl (C=O) groups excluding carboxylic acids is 1. The van der Waals surface area contributed by atoms with Gasteiger partial charge in [-0.25, -0.2) is 14.6 Å². The van der Waals surface area contributed by atoms with E-state index in [1.54, 1.807) is 0 Å². The third-order valence-corrected chi connectivity index (χ3v) is 10.9. The minimum Gasteiger partial charge on any atom is -0.394 e. The van der Waals surface area contributed by atoms with Gasteiger partial charge in [-0.1, -0.05) is 0 Å². The summed E-state index contributed by atoms with van der Waals surface area (Å²) in [6.45, 7) is -4.16. The van der Waals surface area contributed by atoms with Crippen molar-refractivity contribution >= 4 is 21.9 Å². The van der Waals surface area contributed by atoms with Gasteiger partial charge >= 0.3 is 21.9 Å². The summed E-state index contributed by atoms with van der Waals surface area (Å²) in [5.74, 6) is -2.03. The molecule has 0 aromatic heterocycles. The van der Waals surface area contributed by atoms with Crippen molar-refractivity contribution in [3.05, 3.63) is 0 Å². The number of nitrogens with zero attached hydrogens (tertiary/aromatic N) is 2. The van der Waals surface area contributed by atoms with Crippen molar-refractivity contribution in [2.45, 2.75) is 61.3 Å². The van der Waals surface area contributed by atoms with Crippen molar-refractivity contribution in [2.24, 2.45) is 11.8 Å². The quantitative estimate of drug-likeness (QED) is 0.0163. The van der Waals surface area contributed by atoms with Crippen LogP contribution in [0, 0.1) is 11.8 Å². The summed E-state index contributed by atoms with van der Waals surface area (Å²) in [5, 5.41) is 99.5. The van der Waals surface area contributed by atoms with Gasteiger partial charge in [0.15, 0.2) is 12.5 Å². The predicted octanol–water partition coefficient (Wildman–Crippen LogP) is -3.95. The highest BCUT2D eigenvalue weighted by Gasteiger charge is 2.48. The lowest BCUT2D eigenvalue weighted by molar-refractivity contribution is -0.298. The van der Waals surface area contributed by atoms with Gasteiger partial charge in [-0.05, 0) is 0 Å². The second-order valence-corrected chi connectivity index (χ2v) is 15.7. The zero-order valence-electron chi connectivity index (χ0n) is 30.3. The zero-order chi connectivity index (χ0) is 41.4. The maximum Gasteiger partial charge on any atom is 0.697 e. The lowest BCUT2D eigenvalue weighted by Gasteiger charge is -2.43. The SMILES string of the molecule is CP(=O)(OCCO)OCCO[P+](=O)OCCOCN1C(=O)N(COCC2OC(COCC3C(CO)OC(COO)C(O)C3O)C(O)C(O)C2COO)C(O)C1O. The van der Waals surface area contributed by atoms with Crippen LogP contribution in [0.4, 0.5) is 4.79 Å². The number of aliphatic hydroxyl groups is 8. The fourth-order valence-corrected chi connectivity index (χ4v) is 7.30. The monoisotopic (exact) mass is 863 g/mol. The van der Waals surface area contributed by atoms with Gasteiger partial charge < -0.3 is 73.6 Å². The number of carbonyl (C=O) groups is 1. The van der Waals surface area contributed by atoms with Crippen LogP contribution >= 0.6 is 15.9 Å². The average Bonchev–Trinajstić information content (AvgIpc) is 3.37. The van der Waals surface area contributed by atoms with Crippen LogP contribution in [-0.4, -0.2) is 228 Å². The van der Waals surface area contributed by atoms with Crippen molar-refractivity contribution in [2.75, 3.05) is 99.4 Å². The van der Waals surface area contributed by atoms with Crippen LogP contribution in [0.1, 0.15) is 0 Å². The van der Waals surface area contributed by atoms with Gasteiger partial charge in [-0.2, -0.15) is 0 Å². The summed E-state index contributed by atoms with van der Waals surface area (Å²) in [6, 6.07) is -0.909. The number of aliphatic hydroxyl groups excluding tert-OH is 8. The highest BCUT2D eigenvalue weighted by atomic mass is 31.2. The van der Waals surface area contributed by atoms with Crippen molar-refractivity contribution in [1.29, 1.82) is 0 Å². The van der Waals surface area contributed by atoms with E-state index >= 15 is 0 Å². The lowest BCUT2D eigenvalue weighted by Crippen LogP contribution is -2.59. The second kappa shape index (κ2) is 24.7. The summed E-state index contributed by atoms with van der Waals surface area (Å²) < 4.78 is 71.2. The molecule has 0 aliphatic carbocycles. The van der Waals surface area contributed by atoms with Crippen molar-refractivity contribution in [3.8, 4) is 0 Å².